The molecule has 1 aromatic heterocycles. The molecule has 0 saturated carbocycles. The third kappa shape index (κ3) is 4.77. The first kappa shape index (κ1) is 19.2. The minimum absolute atomic E-state index is 0.0347. The molecule has 27 heavy (non-hydrogen) atoms. The van der Waals surface area contributed by atoms with Crippen LogP contribution in [-0.4, -0.2) is 19.3 Å². The zero-order valence-electron chi connectivity index (χ0n) is 13.7. The number of sulfonamides is 1. The number of hydrogen-bond acceptors (Lipinski definition) is 4. The van der Waals surface area contributed by atoms with Crippen LogP contribution in [0.25, 0.3) is 0 Å². The molecule has 0 saturated heterocycles. The number of benzene rings is 2. The Hall–Kier alpha value is -2.61. The highest BCUT2D eigenvalue weighted by Gasteiger charge is 2.19. The van der Waals surface area contributed by atoms with Crippen LogP contribution in [0.4, 0.5) is 11.5 Å². The summed E-state index contributed by atoms with van der Waals surface area (Å²) < 4.78 is 27.5. The maximum Gasteiger partial charge on any atom is 0.263 e. The molecule has 0 atom stereocenters. The van der Waals surface area contributed by atoms with Gasteiger partial charge in [0.05, 0.1) is 20.5 Å². The van der Waals surface area contributed by atoms with E-state index in [1.165, 1.54) is 36.5 Å². The van der Waals surface area contributed by atoms with Gasteiger partial charge in [-0.3, -0.25) is 9.52 Å². The molecule has 138 valence electrons. The van der Waals surface area contributed by atoms with Crippen LogP contribution in [0.3, 0.4) is 0 Å². The summed E-state index contributed by atoms with van der Waals surface area (Å²) in [6.45, 7) is 0. The molecule has 2 aromatic carbocycles. The quantitative estimate of drug-likeness (QED) is 0.636. The summed E-state index contributed by atoms with van der Waals surface area (Å²) in [5.41, 5.74) is 0.600. The smallest absolute Gasteiger partial charge is 0.263 e. The molecule has 0 aliphatic carbocycles. The molecule has 0 bridgehead atoms. The SMILES string of the molecule is O=C(Nc1ccccc1)c1cc(S(=O)(=O)Nc2ccc(Cl)cn2)ccc1Cl. The number of pyridine rings is 1. The molecule has 0 fully saturated rings. The van der Waals surface area contributed by atoms with Crippen molar-refractivity contribution < 1.29 is 13.2 Å². The molecule has 9 heteroatoms. The average Bonchev–Trinajstić information content (AvgIpc) is 2.64. The van der Waals surface area contributed by atoms with E-state index in [0.717, 1.165) is 0 Å². The topological polar surface area (TPSA) is 88.2 Å². The second kappa shape index (κ2) is 7.96. The van der Waals surface area contributed by atoms with E-state index in [-0.39, 0.29) is 21.3 Å². The first-order valence-corrected chi connectivity index (χ1v) is 9.89. The third-order valence-corrected chi connectivity index (χ3v) is 5.40. The van der Waals surface area contributed by atoms with Gasteiger partial charge in [0.2, 0.25) is 0 Å². The normalized spacial score (nSPS) is 11.0. The third-order valence-electron chi connectivity index (χ3n) is 3.49. The Morgan fingerprint density at radius 3 is 2.37 bits per heavy atom. The number of para-hydroxylation sites is 1. The van der Waals surface area contributed by atoms with Gasteiger partial charge in [0.1, 0.15) is 5.82 Å². The molecule has 0 unspecified atom stereocenters. The van der Waals surface area contributed by atoms with Gasteiger partial charge in [0.15, 0.2) is 0 Å². The summed E-state index contributed by atoms with van der Waals surface area (Å²) >= 11 is 11.8. The Kier molecular flexibility index (Phi) is 5.65. The molecular weight excluding hydrogens is 409 g/mol. The highest BCUT2D eigenvalue weighted by Crippen LogP contribution is 2.23. The van der Waals surface area contributed by atoms with Gasteiger partial charge < -0.3 is 5.32 Å². The van der Waals surface area contributed by atoms with E-state index in [4.69, 9.17) is 23.2 Å². The number of nitrogens with one attached hydrogen (secondary N) is 2. The first-order valence-electron chi connectivity index (χ1n) is 7.65. The fraction of sp³-hybridized carbons (Fsp3) is 0. The van der Waals surface area contributed by atoms with Gasteiger partial charge in [-0.1, -0.05) is 41.4 Å². The Labute approximate surface area is 166 Å². The Morgan fingerprint density at radius 2 is 1.70 bits per heavy atom. The predicted molar refractivity (Wildman–Crippen MR) is 106 cm³/mol. The van der Waals surface area contributed by atoms with Crippen LogP contribution >= 0.6 is 23.2 Å². The number of halogens is 2. The van der Waals surface area contributed by atoms with Crippen molar-refractivity contribution in [3.63, 3.8) is 0 Å². The lowest BCUT2D eigenvalue weighted by Crippen LogP contribution is -2.17. The van der Waals surface area contributed by atoms with E-state index in [0.29, 0.717) is 10.7 Å². The van der Waals surface area contributed by atoms with Crippen LogP contribution in [-0.2, 0) is 10.0 Å². The zero-order chi connectivity index (χ0) is 19.4. The Bertz CT molecular complexity index is 1070. The van der Waals surface area contributed by atoms with Crippen molar-refractivity contribution in [2.24, 2.45) is 0 Å². The number of amides is 1. The van der Waals surface area contributed by atoms with Crippen molar-refractivity contribution in [1.29, 1.82) is 0 Å². The van der Waals surface area contributed by atoms with Crippen molar-refractivity contribution >= 4 is 50.6 Å². The largest absolute Gasteiger partial charge is 0.322 e. The minimum Gasteiger partial charge on any atom is -0.322 e. The van der Waals surface area contributed by atoms with Crippen LogP contribution in [0.15, 0.2) is 71.8 Å². The van der Waals surface area contributed by atoms with E-state index in [2.05, 4.69) is 15.0 Å². The van der Waals surface area contributed by atoms with E-state index < -0.39 is 15.9 Å². The summed E-state index contributed by atoms with van der Waals surface area (Å²) in [7, 11) is -3.97. The van der Waals surface area contributed by atoms with Crippen molar-refractivity contribution in [1.82, 2.24) is 4.98 Å². The zero-order valence-corrected chi connectivity index (χ0v) is 16.0. The number of carbonyl (C=O) groups excluding carboxylic acids is 1. The summed E-state index contributed by atoms with van der Waals surface area (Å²) in [6.07, 6.45) is 1.32. The lowest BCUT2D eigenvalue weighted by atomic mass is 10.2. The standard InChI is InChI=1S/C18H13Cl2N3O3S/c19-12-6-9-17(21-11-12)23-27(25,26)14-7-8-16(20)15(10-14)18(24)22-13-4-2-1-3-5-13/h1-11H,(H,21,23)(H,22,24). The van der Waals surface area contributed by atoms with Crippen LogP contribution < -0.4 is 10.0 Å². The highest BCUT2D eigenvalue weighted by atomic mass is 35.5. The van der Waals surface area contributed by atoms with Gasteiger partial charge in [-0.15, -0.1) is 0 Å². The first-order chi connectivity index (χ1) is 12.8. The van der Waals surface area contributed by atoms with Crippen LogP contribution in [0.5, 0.6) is 0 Å². The molecule has 2 N–H and O–H groups in total. The number of hydrogen-bond donors (Lipinski definition) is 2. The van der Waals surface area contributed by atoms with Crippen molar-refractivity contribution in [3.8, 4) is 0 Å². The fourth-order valence-electron chi connectivity index (χ4n) is 2.20. The lowest BCUT2D eigenvalue weighted by Gasteiger charge is -2.11. The monoisotopic (exact) mass is 421 g/mol. The van der Waals surface area contributed by atoms with Crippen molar-refractivity contribution in [3.05, 3.63) is 82.5 Å². The minimum atomic E-state index is -3.97. The van der Waals surface area contributed by atoms with Crippen molar-refractivity contribution in [2.45, 2.75) is 4.90 Å². The Morgan fingerprint density at radius 1 is 0.963 bits per heavy atom. The summed E-state index contributed by atoms with van der Waals surface area (Å²) in [5.74, 6) is -0.419. The summed E-state index contributed by atoms with van der Waals surface area (Å²) in [6, 6.07) is 15.6. The number of nitrogens with zero attached hydrogens (tertiary/aromatic N) is 1. The molecule has 1 heterocycles. The number of aromatic nitrogens is 1. The lowest BCUT2D eigenvalue weighted by molar-refractivity contribution is 0.102. The number of anilines is 2. The van der Waals surface area contributed by atoms with Gasteiger partial charge in [-0.05, 0) is 42.5 Å². The van der Waals surface area contributed by atoms with Gasteiger partial charge in [-0.25, -0.2) is 13.4 Å². The molecule has 0 aliphatic heterocycles. The molecule has 0 spiro atoms. The van der Waals surface area contributed by atoms with E-state index in [9.17, 15) is 13.2 Å². The second-order valence-corrected chi connectivity index (χ2v) is 7.95. The summed E-state index contributed by atoms with van der Waals surface area (Å²) in [4.78, 5) is 16.2. The number of carbonyl (C=O) groups is 1. The maximum absolute atomic E-state index is 12.6. The van der Waals surface area contributed by atoms with E-state index in [1.807, 2.05) is 6.07 Å². The van der Waals surface area contributed by atoms with Gasteiger partial charge in [0.25, 0.3) is 15.9 Å². The molecule has 1 amide bonds. The fourth-order valence-corrected chi connectivity index (χ4v) is 3.55. The average molecular weight is 422 g/mol. The maximum atomic E-state index is 12.6. The summed E-state index contributed by atoms with van der Waals surface area (Å²) in [5, 5.41) is 3.18. The van der Waals surface area contributed by atoms with E-state index in [1.54, 1.807) is 24.3 Å². The van der Waals surface area contributed by atoms with Crippen LogP contribution in [0.2, 0.25) is 10.0 Å². The molecule has 3 rings (SSSR count). The van der Waals surface area contributed by atoms with Gasteiger partial charge in [0, 0.05) is 11.9 Å². The van der Waals surface area contributed by atoms with Gasteiger partial charge >= 0.3 is 0 Å². The molecule has 6 nitrogen and oxygen atoms in total. The van der Waals surface area contributed by atoms with Crippen LogP contribution in [0.1, 0.15) is 10.4 Å². The van der Waals surface area contributed by atoms with Crippen LogP contribution in [0, 0.1) is 0 Å². The predicted octanol–water partition coefficient (Wildman–Crippen LogP) is 4.44. The highest BCUT2D eigenvalue weighted by molar-refractivity contribution is 7.92. The number of rotatable bonds is 5. The Balaban J connectivity index is 1.87. The molecular formula is C18H13Cl2N3O3S. The van der Waals surface area contributed by atoms with E-state index >= 15 is 0 Å². The molecule has 3 aromatic rings. The second-order valence-electron chi connectivity index (χ2n) is 5.43. The molecule has 0 radical (unpaired) electrons. The van der Waals surface area contributed by atoms with Crippen molar-refractivity contribution in [2.75, 3.05) is 10.0 Å². The van der Waals surface area contributed by atoms with Gasteiger partial charge in [-0.2, -0.15) is 0 Å². The molecule has 0 aliphatic rings.